The van der Waals surface area contributed by atoms with Crippen molar-refractivity contribution in [1.82, 2.24) is 0 Å². The Kier molecular flexibility index (Phi) is 8.09. The van der Waals surface area contributed by atoms with Crippen LogP contribution >= 0.6 is 11.6 Å². The normalized spacial score (nSPS) is 10.1. The predicted octanol–water partition coefficient (Wildman–Crippen LogP) is 3.43. The molecule has 0 bridgehead atoms. The van der Waals surface area contributed by atoms with Crippen LogP contribution in [0.5, 0.6) is 17.2 Å². The molecule has 10 heteroatoms. The number of nitrogens with one attached hydrogen (secondary N) is 2. The minimum Gasteiger partial charge on any atom is -0.495 e. The van der Waals surface area contributed by atoms with E-state index in [4.69, 9.17) is 30.5 Å². The van der Waals surface area contributed by atoms with E-state index in [0.29, 0.717) is 22.2 Å². The van der Waals surface area contributed by atoms with E-state index in [1.807, 2.05) is 0 Å². The van der Waals surface area contributed by atoms with Gasteiger partial charge in [0.05, 0.1) is 38.3 Å². The Morgan fingerprint density at radius 2 is 1.48 bits per heavy atom. The van der Waals surface area contributed by atoms with Crippen LogP contribution in [0.4, 0.5) is 11.4 Å². The molecule has 0 aliphatic heterocycles. The van der Waals surface area contributed by atoms with Crippen molar-refractivity contribution in [1.29, 1.82) is 0 Å². The molecular formula is C21H23ClN2O7. The Hall–Kier alpha value is -3.46. The summed E-state index contributed by atoms with van der Waals surface area (Å²) in [5, 5.41) is 5.63. The number of anilines is 2. The van der Waals surface area contributed by atoms with E-state index in [9.17, 15) is 14.4 Å². The second-order valence-corrected chi connectivity index (χ2v) is 6.77. The average Bonchev–Trinajstić information content (AvgIpc) is 2.73. The van der Waals surface area contributed by atoms with Crippen LogP contribution < -0.4 is 24.8 Å². The van der Waals surface area contributed by atoms with Crippen LogP contribution in [0.3, 0.4) is 0 Å². The molecule has 166 valence electrons. The van der Waals surface area contributed by atoms with Gasteiger partial charge in [0, 0.05) is 30.1 Å². The van der Waals surface area contributed by atoms with Crippen LogP contribution in [0.1, 0.15) is 22.8 Å². The molecule has 0 radical (unpaired) electrons. The summed E-state index contributed by atoms with van der Waals surface area (Å²) >= 11 is 6.06. The molecule has 0 aromatic heterocycles. The third-order valence-corrected chi connectivity index (χ3v) is 4.55. The average molecular weight is 451 g/mol. The van der Waals surface area contributed by atoms with Gasteiger partial charge in [0.15, 0.2) is 18.1 Å². The van der Waals surface area contributed by atoms with Crippen LogP contribution in [0.2, 0.25) is 5.02 Å². The second-order valence-electron chi connectivity index (χ2n) is 6.36. The molecule has 2 amide bonds. The van der Waals surface area contributed by atoms with Crippen molar-refractivity contribution < 1.29 is 33.3 Å². The van der Waals surface area contributed by atoms with Crippen molar-refractivity contribution in [2.75, 3.05) is 38.6 Å². The van der Waals surface area contributed by atoms with Gasteiger partial charge in [-0.05, 0) is 18.6 Å². The fourth-order valence-corrected chi connectivity index (χ4v) is 2.82. The van der Waals surface area contributed by atoms with Crippen molar-refractivity contribution in [3.63, 3.8) is 0 Å². The van der Waals surface area contributed by atoms with Gasteiger partial charge in [-0.25, -0.2) is 4.79 Å². The largest absolute Gasteiger partial charge is 0.495 e. The highest BCUT2D eigenvalue weighted by Crippen LogP contribution is 2.34. The smallest absolute Gasteiger partial charge is 0.340 e. The lowest BCUT2D eigenvalue weighted by atomic mass is 10.1. The third kappa shape index (κ3) is 6.02. The Balaban J connectivity index is 2.17. The molecule has 2 aromatic rings. The van der Waals surface area contributed by atoms with Gasteiger partial charge in [-0.2, -0.15) is 0 Å². The summed E-state index contributed by atoms with van der Waals surface area (Å²) in [4.78, 5) is 36.4. The van der Waals surface area contributed by atoms with Gasteiger partial charge < -0.3 is 29.6 Å². The number of benzene rings is 2. The molecule has 0 saturated carbocycles. The standard InChI is InChI=1S/C21H23ClN2O7/c1-11-6-16(17(28-3)8-14(11)22)24-20(26)10-31-21(27)13-7-18(29-4)19(30-5)9-15(13)23-12(2)25/h6-9H,10H2,1-5H3,(H,23,25)(H,24,26). The lowest BCUT2D eigenvalue weighted by Crippen LogP contribution is -2.22. The first-order valence-corrected chi connectivity index (χ1v) is 9.42. The zero-order valence-electron chi connectivity index (χ0n) is 17.8. The van der Waals surface area contributed by atoms with Crippen LogP contribution in [0.15, 0.2) is 24.3 Å². The molecule has 0 unspecified atom stereocenters. The number of aryl methyl sites for hydroxylation is 1. The molecule has 0 heterocycles. The number of esters is 1. The molecule has 0 saturated heterocycles. The molecule has 2 rings (SSSR count). The van der Waals surface area contributed by atoms with E-state index in [1.54, 1.807) is 19.1 Å². The number of amides is 2. The maximum Gasteiger partial charge on any atom is 0.340 e. The maximum atomic E-state index is 12.6. The molecule has 0 spiro atoms. The Labute approximate surface area is 184 Å². The molecule has 31 heavy (non-hydrogen) atoms. The number of halogens is 1. The molecular weight excluding hydrogens is 428 g/mol. The van der Waals surface area contributed by atoms with Crippen molar-refractivity contribution >= 4 is 40.8 Å². The fraction of sp³-hybridized carbons (Fsp3) is 0.286. The second kappa shape index (κ2) is 10.5. The first-order valence-electron chi connectivity index (χ1n) is 9.04. The van der Waals surface area contributed by atoms with Gasteiger partial charge in [0.25, 0.3) is 5.91 Å². The molecule has 2 N–H and O–H groups in total. The first-order chi connectivity index (χ1) is 14.7. The third-order valence-electron chi connectivity index (χ3n) is 4.14. The van der Waals surface area contributed by atoms with Crippen molar-refractivity contribution in [2.24, 2.45) is 0 Å². The summed E-state index contributed by atoms with van der Waals surface area (Å²) in [5.41, 5.74) is 1.28. The Bertz CT molecular complexity index is 1010. The van der Waals surface area contributed by atoms with E-state index in [-0.39, 0.29) is 17.0 Å². The Morgan fingerprint density at radius 3 is 2.06 bits per heavy atom. The van der Waals surface area contributed by atoms with Crippen molar-refractivity contribution in [3.05, 3.63) is 40.4 Å². The molecule has 0 aliphatic rings. The van der Waals surface area contributed by atoms with Crippen molar-refractivity contribution in [2.45, 2.75) is 13.8 Å². The van der Waals surface area contributed by atoms with E-state index in [0.717, 1.165) is 5.56 Å². The van der Waals surface area contributed by atoms with Crippen molar-refractivity contribution in [3.8, 4) is 17.2 Å². The van der Waals surface area contributed by atoms with Gasteiger partial charge >= 0.3 is 5.97 Å². The summed E-state index contributed by atoms with van der Waals surface area (Å²) < 4.78 is 20.7. The topological polar surface area (TPSA) is 112 Å². The Morgan fingerprint density at radius 1 is 0.871 bits per heavy atom. The number of methoxy groups -OCH3 is 3. The van der Waals surface area contributed by atoms with E-state index in [2.05, 4.69) is 10.6 Å². The zero-order chi connectivity index (χ0) is 23.1. The summed E-state index contributed by atoms with van der Waals surface area (Å²) in [6, 6.07) is 6.00. The van der Waals surface area contributed by atoms with Gasteiger partial charge in [0.1, 0.15) is 5.75 Å². The molecule has 0 atom stereocenters. The highest BCUT2D eigenvalue weighted by molar-refractivity contribution is 6.31. The molecule has 0 fully saturated rings. The summed E-state index contributed by atoms with van der Waals surface area (Å²) in [6.45, 7) is 2.50. The van der Waals surface area contributed by atoms with Crippen LogP contribution in [0, 0.1) is 6.92 Å². The first kappa shape index (κ1) is 23.8. The summed E-state index contributed by atoms with van der Waals surface area (Å²) in [7, 11) is 4.27. The van der Waals surface area contributed by atoms with Gasteiger partial charge in [0.2, 0.25) is 5.91 Å². The monoisotopic (exact) mass is 450 g/mol. The number of hydrogen-bond donors (Lipinski definition) is 2. The van der Waals surface area contributed by atoms with Crippen LogP contribution in [-0.4, -0.2) is 45.7 Å². The molecule has 2 aromatic carbocycles. The number of rotatable bonds is 8. The van der Waals surface area contributed by atoms with Crippen LogP contribution in [0.25, 0.3) is 0 Å². The predicted molar refractivity (Wildman–Crippen MR) is 116 cm³/mol. The lowest BCUT2D eigenvalue weighted by Gasteiger charge is -2.15. The van der Waals surface area contributed by atoms with E-state index in [1.165, 1.54) is 40.4 Å². The number of carbonyl (C=O) groups excluding carboxylic acids is 3. The highest BCUT2D eigenvalue weighted by Gasteiger charge is 2.20. The van der Waals surface area contributed by atoms with Crippen LogP contribution in [-0.2, 0) is 14.3 Å². The SMILES string of the molecule is COc1cc(Cl)c(C)cc1NC(=O)COC(=O)c1cc(OC)c(OC)cc1NC(C)=O. The van der Waals surface area contributed by atoms with Gasteiger partial charge in [-0.1, -0.05) is 11.6 Å². The van der Waals surface area contributed by atoms with E-state index >= 15 is 0 Å². The highest BCUT2D eigenvalue weighted by atomic mass is 35.5. The quantitative estimate of drug-likeness (QED) is 0.592. The molecule has 0 aliphatic carbocycles. The number of ether oxygens (including phenoxy) is 4. The summed E-state index contributed by atoms with van der Waals surface area (Å²) in [6.07, 6.45) is 0. The van der Waals surface area contributed by atoms with Gasteiger partial charge in [-0.15, -0.1) is 0 Å². The minimum atomic E-state index is -0.834. The fourth-order valence-electron chi connectivity index (χ4n) is 2.67. The zero-order valence-corrected chi connectivity index (χ0v) is 18.5. The van der Waals surface area contributed by atoms with Gasteiger partial charge in [-0.3, -0.25) is 9.59 Å². The maximum absolute atomic E-state index is 12.6. The number of carbonyl (C=O) groups is 3. The lowest BCUT2D eigenvalue weighted by molar-refractivity contribution is -0.119. The van der Waals surface area contributed by atoms with E-state index < -0.39 is 24.4 Å². The number of hydrogen-bond acceptors (Lipinski definition) is 7. The summed E-state index contributed by atoms with van der Waals surface area (Å²) in [5.74, 6) is -0.888. The molecule has 9 nitrogen and oxygen atoms in total. The minimum absolute atomic E-state index is 0.000526.